The van der Waals surface area contributed by atoms with Crippen LogP contribution in [0.2, 0.25) is 0 Å². The molecule has 100 valence electrons. The number of hydrogen-bond acceptors (Lipinski definition) is 2. The third-order valence-electron chi connectivity index (χ3n) is 5.08. The highest BCUT2D eigenvalue weighted by Gasteiger charge is 2.47. The largest absolute Gasteiger partial charge is 0.388 e. The van der Waals surface area contributed by atoms with Gasteiger partial charge in [0.2, 0.25) is 0 Å². The van der Waals surface area contributed by atoms with E-state index in [1.807, 2.05) is 0 Å². The highest BCUT2D eigenvalue weighted by atomic mass is 16.3. The summed E-state index contributed by atoms with van der Waals surface area (Å²) in [6.07, 6.45) is 8.30. The molecular weight excluding hydrogens is 210 g/mol. The van der Waals surface area contributed by atoms with Gasteiger partial charge in [-0.1, -0.05) is 33.6 Å². The molecule has 2 aliphatic rings. The molecule has 1 aliphatic carbocycles. The van der Waals surface area contributed by atoms with E-state index in [2.05, 4.69) is 26.1 Å². The lowest BCUT2D eigenvalue weighted by Gasteiger charge is -2.49. The summed E-state index contributed by atoms with van der Waals surface area (Å²) in [7, 11) is 0. The van der Waals surface area contributed by atoms with Crippen molar-refractivity contribution in [1.29, 1.82) is 0 Å². The maximum absolute atomic E-state index is 11.1. The summed E-state index contributed by atoms with van der Waals surface area (Å²) in [4.78, 5) is 0. The van der Waals surface area contributed by atoms with Crippen molar-refractivity contribution in [3.8, 4) is 0 Å². The Morgan fingerprint density at radius 3 is 2.59 bits per heavy atom. The first-order valence-electron chi connectivity index (χ1n) is 7.40. The van der Waals surface area contributed by atoms with Gasteiger partial charge >= 0.3 is 0 Å². The molecule has 2 heteroatoms. The monoisotopic (exact) mass is 239 g/mol. The molecule has 0 aromatic heterocycles. The lowest BCUT2D eigenvalue weighted by atomic mass is 9.62. The lowest BCUT2D eigenvalue weighted by molar-refractivity contribution is -0.0970. The summed E-state index contributed by atoms with van der Waals surface area (Å²) in [5, 5.41) is 14.7. The molecule has 0 radical (unpaired) electrons. The number of nitrogens with one attached hydrogen (secondary N) is 1. The van der Waals surface area contributed by atoms with E-state index in [1.165, 1.54) is 19.3 Å². The number of aliphatic hydroxyl groups is 1. The third-order valence-corrected chi connectivity index (χ3v) is 5.08. The summed E-state index contributed by atoms with van der Waals surface area (Å²) in [5.41, 5.74) is -0.0454. The summed E-state index contributed by atoms with van der Waals surface area (Å²) in [6, 6.07) is 0.330. The van der Waals surface area contributed by atoms with Crippen molar-refractivity contribution < 1.29 is 5.11 Å². The van der Waals surface area contributed by atoms with Gasteiger partial charge in [-0.05, 0) is 50.0 Å². The van der Waals surface area contributed by atoms with Crippen LogP contribution in [0, 0.1) is 11.3 Å². The van der Waals surface area contributed by atoms with Crippen molar-refractivity contribution in [2.45, 2.75) is 77.4 Å². The van der Waals surface area contributed by atoms with Gasteiger partial charge in [0, 0.05) is 6.04 Å². The lowest BCUT2D eigenvalue weighted by Crippen LogP contribution is -2.57. The number of rotatable bonds is 1. The van der Waals surface area contributed by atoms with Gasteiger partial charge < -0.3 is 10.4 Å². The van der Waals surface area contributed by atoms with E-state index in [1.54, 1.807) is 0 Å². The molecule has 2 N–H and O–H groups in total. The van der Waals surface area contributed by atoms with Crippen molar-refractivity contribution in [3.63, 3.8) is 0 Å². The second-order valence-electron chi connectivity index (χ2n) is 7.12. The minimum atomic E-state index is -0.458. The van der Waals surface area contributed by atoms with E-state index >= 15 is 0 Å². The molecule has 1 heterocycles. The molecule has 1 aliphatic heterocycles. The van der Waals surface area contributed by atoms with Crippen molar-refractivity contribution >= 4 is 0 Å². The Morgan fingerprint density at radius 1 is 1.12 bits per heavy atom. The molecule has 3 unspecified atom stereocenters. The first-order valence-corrected chi connectivity index (χ1v) is 7.40. The van der Waals surface area contributed by atoms with E-state index in [0.717, 1.165) is 32.2 Å². The van der Waals surface area contributed by atoms with Gasteiger partial charge in [0.25, 0.3) is 0 Å². The Morgan fingerprint density at radius 2 is 1.88 bits per heavy atom. The molecule has 17 heavy (non-hydrogen) atoms. The smallest absolute Gasteiger partial charge is 0.0825 e. The van der Waals surface area contributed by atoms with Gasteiger partial charge in [-0.2, -0.15) is 0 Å². The van der Waals surface area contributed by atoms with Crippen LogP contribution < -0.4 is 5.32 Å². The molecule has 0 bridgehead atoms. The molecule has 2 fully saturated rings. The molecule has 2 nitrogen and oxygen atoms in total. The van der Waals surface area contributed by atoms with Crippen molar-refractivity contribution in [1.82, 2.24) is 5.32 Å². The van der Waals surface area contributed by atoms with Crippen LogP contribution in [0.1, 0.15) is 65.7 Å². The van der Waals surface area contributed by atoms with Gasteiger partial charge in [-0.25, -0.2) is 0 Å². The third kappa shape index (κ3) is 2.85. The Bertz CT molecular complexity index is 256. The van der Waals surface area contributed by atoms with Crippen molar-refractivity contribution in [3.05, 3.63) is 0 Å². The molecule has 0 amide bonds. The number of hydrogen-bond donors (Lipinski definition) is 2. The second kappa shape index (κ2) is 4.89. The highest BCUT2D eigenvalue weighted by Crippen LogP contribution is 2.46. The van der Waals surface area contributed by atoms with Crippen molar-refractivity contribution in [2.75, 3.05) is 6.54 Å². The fraction of sp³-hybridized carbons (Fsp3) is 1.00. The first-order chi connectivity index (χ1) is 7.94. The Kier molecular flexibility index (Phi) is 3.84. The summed E-state index contributed by atoms with van der Waals surface area (Å²) in [6.45, 7) is 8.00. The van der Waals surface area contributed by atoms with Crippen LogP contribution in [0.25, 0.3) is 0 Å². The van der Waals surface area contributed by atoms with Crippen LogP contribution >= 0.6 is 0 Å². The quantitative estimate of drug-likeness (QED) is 0.737. The zero-order valence-electron chi connectivity index (χ0n) is 11.8. The maximum atomic E-state index is 11.1. The Balaban J connectivity index is 2.07. The Hall–Kier alpha value is -0.0800. The van der Waals surface area contributed by atoms with E-state index in [0.29, 0.717) is 17.4 Å². The van der Waals surface area contributed by atoms with Crippen LogP contribution in [0.5, 0.6) is 0 Å². The first kappa shape index (κ1) is 13.4. The topological polar surface area (TPSA) is 32.3 Å². The average molecular weight is 239 g/mol. The molecule has 0 aromatic rings. The predicted octanol–water partition coefficient (Wildman–Crippen LogP) is 3.10. The second-order valence-corrected chi connectivity index (χ2v) is 7.12. The van der Waals surface area contributed by atoms with Gasteiger partial charge in [0.15, 0.2) is 0 Å². The van der Waals surface area contributed by atoms with Crippen molar-refractivity contribution in [2.24, 2.45) is 11.3 Å². The van der Waals surface area contributed by atoms with Crippen LogP contribution in [0.4, 0.5) is 0 Å². The van der Waals surface area contributed by atoms with Gasteiger partial charge in [-0.15, -0.1) is 0 Å². The minimum Gasteiger partial charge on any atom is -0.388 e. The summed E-state index contributed by atoms with van der Waals surface area (Å²) in [5.74, 6) is 0.418. The van der Waals surface area contributed by atoms with E-state index in [4.69, 9.17) is 0 Å². The normalized spacial score (nSPS) is 43.1. The van der Waals surface area contributed by atoms with Crippen LogP contribution in [0.15, 0.2) is 0 Å². The molecular formula is C15H29NO. The van der Waals surface area contributed by atoms with E-state index < -0.39 is 5.60 Å². The summed E-state index contributed by atoms with van der Waals surface area (Å²) < 4.78 is 0. The molecule has 1 saturated carbocycles. The Labute approximate surface area is 106 Å². The predicted molar refractivity (Wildman–Crippen MR) is 72.0 cm³/mol. The fourth-order valence-corrected chi connectivity index (χ4v) is 3.87. The molecule has 2 rings (SSSR count). The van der Waals surface area contributed by atoms with Crippen LogP contribution in [-0.4, -0.2) is 23.3 Å². The zero-order valence-corrected chi connectivity index (χ0v) is 11.8. The minimum absolute atomic E-state index is 0.330. The molecule has 1 saturated heterocycles. The highest BCUT2D eigenvalue weighted by molar-refractivity contribution is 5.01. The average Bonchev–Trinajstić information content (AvgIpc) is 2.52. The standard InChI is InChI=1S/C15H29NO/c1-12-11-14(2,3)8-9-15(12,17)13-7-5-4-6-10-16-13/h12-13,16-17H,4-11H2,1-3H3. The molecule has 3 atom stereocenters. The molecule has 0 spiro atoms. The van der Waals surface area contributed by atoms with E-state index in [9.17, 15) is 5.11 Å². The SMILES string of the molecule is CC1CC(C)(C)CCC1(O)C1CCCCCN1. The maximum Gasteiger partial charge on any atom is 0.0825 e. The van der Waals surface area contributed by atoms with Gasteiger partial charge in [0.05, 0.1) is 5.60 Å². The van der Waals surface area contributed by atoms with Crippen LogP contribution in [0.3, 0.4) is 0 Å². The fourth-order valence-electron chi connectivity index (χ4n) is 3.87. The summed E-state index contributed by atoms with van der Waals surface area (Å²) >= 11 is 0. The van der Waals surface area contributed by atoms with Gasteiger partial charge in [-0.3, -0.25) is 0 Å². The van der Waals surface area contributed by atoms with Gasteiger partial charge in [0.1, 0.15) is 0 Å². The zero-order chi connectivity index (χ0) is 12.5. The molecule has 0 aromatic carbocycles. The van der Waals surface area contributed by atoms with E-state index in [-0.39, 0.29) is 0 Å². The van der Waals surface area contributed by atoms with Crippen LogP contribution in [-0.2, 0) is 0 Å².